The molecule has 0 aliphatic rings. The number of aromatic nitrogens is 2. The van der Waals surface area contributed by atoms with Crippen LogP contribution in [0.2, 0.25) is 0 Å². The zero-order valence-electron chi connectivity index (χ0n) is 7.55. The molecule has 1 aromatic heterocycles. The SMILES string of the molecule is Cc1cc(=O)n(OP(C)(=O)O)c(=O)[nH]1. The van der Waals surface area contributed by atoms with Crippen molar-refractivity contribution in [2.24, 2.45) is 0 Å². The van der Waals surface area contributed by atoms with E-state index < -0.39 is 18.8 Å². The summed E-state index contributed by atoms with van der Waals surface area (Å²) in [6, 6.07) is 1.08. The summed E-state index contributed by atoms with van der Waals surface area (Å²) in [4.78, 5) is 33.3. The van der Waals surface area contributed by atoms with Crippen molar-refractivity contribution in [3.8, 4) is 0 Å². The number of hydrogen-bond donors (Lipinski definition) is 2. The lowest BCUT2D eigenvalue weighted by Gasteiger charge is -2.08. The Morgan fingerprint density at radius 2 is 2.14 bits per heavy atom. The van der Waals surface area contributed by atoms with E-state index in [9.17, 15) is 14.2 Å². The minimum atomic E-state index is -3.91. The highest BCUT2D eigenvalue weighted by atomic mass is 31.2. The van der Waals surface area contributed by atoms with Gasteiger partial charge in [-0.2, -0.15) is 0 Å². The van der Waals surface area contributed by atoms with Gasteiger partial charge in [0.2, 0.25) is 0 Å². The van der Waals surface area contributed by atoms with Gasteiger partial charge in [0, 0.05) is 11.8 Å². The number of aromatic amines is 1. The quantitative estimate of drug-likeness (QED) is 0.628. The van der Waals surface area contributed by atoms with Crippen LogP contribution in [-0.4, -0.2) is 21.3 Å². The lowest BCUT2D eigenvalue weighted by molar-refractivity contribution is 0.212. The zero-order valence-corrected chi connectivity index (χ0v) is 8.45. The zero-order chi connectivity index (χ0) is 10.9. The van der Waals surface area contributed by atoms with Gasteiger partial charge in [0.25, 0.3) is 5.56 Å². The number of H-pyrrole nitrogens is 1. The summed E-state index contributed by atoms with van der Waals surface area (Å²) in [5, 5.41) is 0. The van der Waals surface area contributed by atoms with Crippen molar-refractivity contribution in [1.82, 2.24) is 9.71 Å². The second-order valence-corrected chi connectivity index (χ2v) is 4.54. The highest BCUT2D eigenvalue weighted by Gasteiger charge is 2.15. The Bertz CT molecular complexity index is 464. The lowest BCUT2D eigenvalue weighted by Crippen LogP contribution is -2.38. The first-order valence-corrected chi connectivity index (χ1v) is 5.65. The molecule has 0 amide bonds. The topological polar surface area (TPSA) is 101 Å². The van der Waals surface area contributed by atoms with Gasteiger partial charge in [0.1, 0.15) is 0 Å². The standard InChI is InChI=1S/C6H9N2O5P/c1-4-3-5(9)8(6(10)7-4)13-14(2,11)12/h3H,1-2H3,(H,7,10)(H,11,12). The van der Waals surface area contributed by atoms with E-state index in [1.165, 1.54) is 6.92 Å². The smallest absolute Gasteiger partial charge is 0.325 e. The van der Waals surface area contributed by atoms with Crippen LogP contribution < -0.4 is 15.9 Å². The summed E-state index contributed by atoms with van der Waals surface area (Å²) in [7, 11) is -3.91. The molecule has 0 bridgehead atoms. The molecule has 0 saturated heterocycles. The molecule has 1 unspecified atom stereocenters. The minimum Gasteiger partial charge on any atom is -0.325 e. The van der Waals surface area contributed by atoms with Gasteiger partial charge in [0.15, 0.2) is 0 Å². The first-order chi connectivity index (χ1) is 6.29. The second-order valence-electron chi connectivity index (χ2n) is 2.77. The third-order valence-corrected chi connectivity index (χ3v) is 1.73. The van der Waals surface area contributed by atoms with E-state index in [1.807, 2.05) is 0 Å². The number of aryl methyl sites for hydroxylation is 1. The highest BCUT2D eigenvalue weighted by Crippen LogP contribution is 2.30. The fourth-order valence-electron chi connectivity index (χ4n) is 0.828. The Hall–Kier alpha value is -1.33. The lowest BCUT2D eigenvalue weighted by atomic mass is 10.5. The molecule has 0 spiro atoms. The summed E-state index contributed by atoms with van der Waals surface area (Å²) < 4.78 is 15.3. The molecule has 1 atom stereocenters. The molecule has 0 aliphatic heterocycles. The molecule has 0 aliphatic carbocycles. The Kier molecular flexibility index (Phi) is 2.64. The number of nitrogens with zero attached hydrogens (tertiary/aromatic N) is 1. The van der Waals surface area contributed by atoms with E-state index in [4.69, 9.17) is 4.89 Å². The van der Waals surface area contributed by atoms with Crippen LogP contribution in [0.25, 0.3) is 0 Å². The summed E-state index contributed by atoms with van der Waals surface area (Å²) in [6.07, 6.45) is 0. The van der Waals surface area contributed by atoms with E-state index in [0.717, 1.165) is 12.7 Å². The maximum Gasteiger partial charge on any atom is 0.392 e. The molecule has 2 N–H and O–H groups in total. The second kappa shape index (κ2) is 3.43. The van der Waals surface area contributed by atoms with Crippen LogP contribution in [0.15, 0.2) is 15.7 Å². The molecule has 1 rings (SSSR count). The van der Waals surface area contributed by atoms with Gasteiger partial charge < -0.3 is 14.5 Å². The van der Waals surface area contributed by atoms with Crippen molar-refractivity contribution < 1.29 is 14.1 Å². The van der Waals surface area contributed by atoms with E-state index in [1.54, 1.807) is 0 Å². The fraction of sp³-hybridized carbons (Fsp3) is 0.333. The molecule has 14 heavy (non-hydrogen) atoms. The third kappa shape index (κ3) is 2.58. The first kappa shape index (κ1) is 10.7. The molecule has 0 saturated carbocycles. The number of rotatable bonds is 2. The van der Waals surface area contributed by atoms with Crippen LogP contribution in [0.3, 0.4) is 0 Å². The summed E-state index contributed by atoms with van der Waals surface area (Å²) in [5.41, 5.74) is -1.32. The van der Waals surface area contributed by atoms with Gasteiger partial charge in [-0.25, -0.2) is 9.36 Å². The van der Waals surface area contributed by atoms with Gasteiger partial charge >= 0.3 is 13.3 Å². The van der Waals surface area contributed by atoms with E-state index in [0.29, 0.717) is 5.69 Å². The molecule has 0 radical (unpaired) electrons. The normalized spacial score (nSPS) is 14.8. The molecule has 0 fully saturated rings. The largest absolute Gasteiger partial charge is 0.392 e. The predicted molar refractivity (Wildman–Crippen MR) is 48.4 cm³/mol. The van der Waals surface area contributed by atoms with Crippen LogP contribution in [-0.2, 0) is 4.57 Å². The van der Waals surface area contributed by atoms with Gasteiger partial charge in [-0.1, -0.05) is 4.73 Å². The molecule has 0 aromatic carbocycles. The molecule has 7 nitrogen and oxygen atoms in total. The van der Waals surface area contributed by atoms with Crippen LogP contribution in [0.4, 0.5) is 0 Å². The van der Waals surface area contributed by atoms with Gasteiger partial charge in [-0.15, -0.1) is 0 Å². The average Bonchev–Trinajstić information content (AvgIpc) is 1.95. The van der Waals surface area contributed by atoms with Gasteiger partial charge in [0.05, 0.1) is 6.66 Å². The molecule has 1 heterocycles. The molecule has 8 heteroatoms. The summed E-state index contributed by atoms with van der Waals surface area (Å²) in [5.74, 6) is 0. The summed E-state index contributed by atoms with van der Waals surface area (Å²) >= 11 is 0. The maximum atomic E-state index is 11.1. The molecular formula is C6H9N2O5P. The van der Waals surface area contributed by atoms with Crippen molar-refractivity contribution in [2.45, 2.75) is 6.92 Å². The predicted octanol–water partition coefficient (Wildman–Crippen LogP) is -0.911. The van der Waals surface area contributed by atoms with Crippen LogP contribution >= 0.6 is 7.60 Å². The first-order valence-electron chi connectivity index (χ1n) is 3.63. The number of nitrogens with one attached hydrogen (secondary N) is 1. The van der Waals surface area contributed by atoms with Crippen LogP contribution in [0.5, 0.6) is 0 Å². The van der Waals surface area contributed by atoms with Crippen molar-refractivity contribution in [3.63, 3.8) is 0 Å². The van der Waals surface area contributed by atoms with Crippen molar-refractivity contribution in [2.75, 3.05) is 6.66 Å². The molecule has 1 aromatic rings. The van der Waals surface area contributed by atoms with E-state index >= 15 is 0 Å². The monoisotopic (exact) mass is 220 g/mol. The van der Waals surface area contributed by atoms with E-state index in [2.05, 4.69) is 9.61 Å². The van der Waals surface area contributed by atoms with E-state index in [-0.39, 0.29) is 4.73 Å². The Morgan fingerprint density at radius 3 is 2.57 bits per heavy atom. The van der Waals surface area contributed by atoms with Gasteiger partial charge in [-0.3, -0.25) is 4.79 Å². The molecule has 78 valence electrons. The minimum absolute atomic E-state index is 0.216. The third-order valence-electron chi connectivity index (χ3n) is 1.26. The number of hydrogen-bond acceptors (Lipinski definition) is 4. The Balaban J connectivity index is 3.30. The Labute approximate surface area is 78.5 Å². The van der Waals surface area contributed by atoms with Gasteiger partial charge in [-0.05, 0) is 6.92 Å². The average molecular weight is 220 g/mol. The van der Waals surface area contributed by atoms with Crippen molar-refractivity contribution in [3.05, 3.63) is 32.6 Å². The van der Waals surface area contributed by atoms with Crippen LogP contribution in [0, 0.1) is 6.92 Å². The van der Waals surface area contributed by atoms with Crippen LogP contribution in [0.1, 0.15) is 5.69 Å². The van der Waals surface area contributed by atoms with Crippen molar-refractivity contribution in [1.29, 1.82) is 0 Å². The molecular weight excluding hydrogens is 211 g/mol. The maximum absolute atomic E-state index is 11.1. The van der Waals surface area contributed by atoms with Crippen molar-refractivity contribution >= 4 is 7.60 Å². The Morgan fingerprint density at radius 1 is 1.57 bits per heavy atom. The fourth-order valence-corrected chi connectivity index (χ4v) is 1.29. The highest BCUT2D eigenvalue weighted by molar-refractivity contribution is 7.52. The summed E-state index contributed by atoms with van der Waals surface area (Å²) in [6.45, 7) is 2.39.